The van der Waals surface area contributed by atoms with Crippen molar-refractivity contribution in [2.45, 2.75) is 130 Å². The number of allylic oxidation sites excluding steroid dienone is 4. The number of benzene rings is 1. The first kappa shape index (κ1) is 54.4. The number of esters is 2. The summed E-state index contributed by atoms with van der Waals surface area (Å²) >= 11 is 0. The molecule has 6 heterocycles. The molecule has 5 bridgehead atoms. The molecule has 1 aromatic carbocycles. The van der Waals surface area contributed by atoms with Gasteiger partial charge in [-0.2, -0.15) is 0 Å². The number of phenolic OH excluding ortho intramolecular Hbond substituents is 1. The number of aliphatic hydroxyl groups is 2. The number of phenols is 1. The Morgan fingerprint density at radius 2 is 1.60 bits per heavy atom. The number of aliphatic imine (C=N–C) groups is 1. The minimum atomic E-state index is -2.03. The number of nitrogens with zero attached hydrogens (tertiary/aromatic N) is 3. The minimum Gasteiger partial charge on any atom is -0.507 e. The fraction of sp³-hybridized carbons (Fsp3) is 0.630. The number of aromatic hydroxyl groups is 1. The lowest BCUT2D eigenvalue weighted by Crippen LogP contribution is -2.50. The summed E-state index contributed by atoms with van der Waals surface area (Å²) in [5, 5.41) is 41.7. The van der Waals surface area contributed by atoms with E-state index in [9.17, 15) is 39.3 Å². The van der Waals surface area contributed by atoms with Gasteiger partial charge < -0.3 is 59.4 Å². The molecule has 72 heavy (non-hydrogen) atoms. The van der Waals surface area contributed by atoms with Crippen LogP contribution in [0.15, 0.2) is 52.5 Å². The molecule has 8 rings (SSSR count). The van der Waals surface area contributed by atoms with E-state index in [4.69, 9.17) is 28.7 Å². The SMILES string of the molecule is CO[C@H]1/C=C/O[C@@]2(C)Oc3c(C)c(O)c4c(c3C2=O)C2=NC3(CCN(CC(C)C)CC3)NC2=C(NC(=O)/C(C)=C\C=C\[C@H](C)[C@H](O)[C@@H](C)[C@@H](O)[C@@H](C)[C@H](OC(=O)CC(=O)OCC2CCN(C)CC2)[C@@H]1C)C4=O. The van der Waals surface area contributed by atoms with E-state index >= 15 is 0 Å². The third-order valence-corrected chi connectivity index (χ3v) is 15.5. The molecule has 5 N–H and O–H groups in total. The topological polar surface area (TPSA) is 235 Å². The highest BCUT2D eigenvalue weighted by Gasteiger charge is 2.54. The first-order valence-corrected chi connectivity index (χ1v) is 25.5. The molecule has 0 saturated carbocycles. The number of ketones is 2. The number of carbonyl (C=O) groups is 5. The minimum absolute atomic E-state index is 0.000121. The van der Waals surface area contributed by atoms with Gasteiger partial charge in [0.1, 0.15) is 35.4 Å². The Bertz CT molecular complexity index is 2440. The zero-order chi connectivity index (χ0) is 52.6. The summed E-state index contributed by atoms with van der Waals surface area (Å²) in [6, 6.07) is 0. The number of amides is 1. The number of hydrogen-bond donors (Lipinski definition) is 5. The smallest absolute Gasteiger partial charge is 0.317 e. The van der Waals surface area contributed by atoms with E-state index in [1.807, 2.05) is 7.05 Å². The molecule has 9 atom stereocenters. The highest BCUT2D eigenvalue weighted by molar-refractivity contribution is 6.34. The lowest BCUT2D eigenvalue weighted by atomic mass is 9.78. The summed E-state index contributed by atoms with van der Waals surface area (Å²) in [6.07, 6.45) is 5.39. The number of piperidine rings is 2. The molecule has 0 radical (unpaired) electrons. The van der Waals surface area contributed by atoms with Crippen molar-refractivity contribution in [3.63, 3.8) is 0 Å². The van der Waals surface area contributed by atoms with Crippen molar-refractivity contribution in [2.24, 2.45) is 40.5 Å². The van der Waals surface area contributed by atoms with E-state index in [2.05, 4.69) is 34.3 Å². The first-order chi connectivity index (χ1) is 34.0. The molecular formula is C54H75N5O13. The maximum absolute atomic E-state index is 14.9. The quantitative estimate of drug-likeness (QED) is 0.173. The number of rotatable bonds is 8. The number of fused-ring (bicyclic) bond motifs is 13. The second kappa shape index (κ2) is 22.0. The van der Waals surface area contributed by atoms with Gasteiger partial charge in [-0.25, -0.2) is 0 Å². The Morgan fingerprint density at radius 1 is 0.917 bits per heavy atom. The lowest BCUT2D eigenvalue weighted by Gasteiger charge is -2.38. The van der Waals surface area contributed by atoms with E-state index in [-0.39, 0.29) is 63.2 Å². The van der Waals surface area contributed by atoms with Crippen molar-refractivity contribution < 1.29 is 63.0 Å². The average Bonchev–Trinajstić information content (AvgIpc) is 3.84. The van der Waals surface area contributed by atoms with E-state index in [1.165, 1.54) is 39.4 Å². The molecular weight excluding hydrogens is 927 g/mol. The summed E-state index contributed by atoms with van der Waals surface area (Å²) in [5.74, 6) is -8.36. The van der Waals surface area contributed by atoms with Crippen LogP contribution >= 0.6 is 0 Å². The van der Waals surface area contributed by atoms with Crippen LogP contribution in [0, 0.1) is 42.4 Å². The van der Waals surface area contributed by atoms with Crippen molar-refractivity contribution in [2.75, 3.05) is 53.5 Å². The van der Waals surface area contributed by atoms with E-state index in [0.717, 1.165) is 32.5 Å². The third-order valence-electron chi connectivity index (χ3n) is 15.5. The van der Waals surface area contributed by atoms with E-state index < -0.39 is 101 Å². The Hall–Kier alpha value is -5.40. The van der Waals surface area contributed by atoms with Gasteiger partial charge in [0, 0.05) is 86.9 Å². The Labute approximate surface area is 422 Å². The van der Waals surface area contributed by atoms with Crippen LogP contribution in [0.25, 0.3) is 0 Å². The second-order valence-electron chi connectivity index (χ2n) is 21.5. The maximum Gasteiger partial charge on any atom is 0.317 e. The number of likely N-dealkylation sites (tertiary alicyclic amines) is 2. The molecule has 1 aliphatic carbocycles. The molecule has 1 amide bonds. The van der Waals surface area contributed by atoms with Gasteiger partial charge in [-0.15, -0.1) is 0 Å². The summed E-state index contributed by atoms with van der Waals surface area (Å²) in [5.41, 5.74) is -0.419. The van der Waals surface area contributed by atoms with Crippen LogP contribution in [-0.2, 0) is 33.3 Å². The average molecular weight is 1000 g/mol. The molecule has 394 valence electrons. The molecule has 2 saturated heterocycles. The normalized spacial score (nSPS) is 32.2. The van der Waals surface area contributed by atoms with Gasteiger partial charge >= 0.3 is 17.7 Å². The molecule has 18 nitrogen and oxygen atoms in total. The van der Waals surface area contributed by atoms with Crippen LogP contribution in [0.2, 0.25) is 0 Å². The number of Topliss-reactive ketones (excluding diaryl/α,β-unsaturated/α-hetero) is 2. The number of ether oxygens (including phenoxy) is 5. The highest BCUT2D eigenvalue weighted by atomic mass is 16.7. The Balaban J connectivity index is 1.25. The van der Waals surface area contributed by atoms with Crippen LogP contribution in [0.3, 0.4) is 0 Å². The van der Waals surface area contributed by atoms with E-state index in [0.29, 0.717) is 31.8 Å². The molecule has 18 heteroatoms. The highest BCUT2D eigenvalue weighted by Crippen LogP contribution is 2.50. The summed E-state index contributed by atoms with van der Waals surface area (Å²) in [6.45, 7) is 19.9. The second-order valence-corrected chi connectivity index (χ2v) is 21.5. The summed E-state index contributed by atoms with van der Waals surface area (Å²) < 4.78 is 30.0. The number of carbonyl (C=O) groups excluding carboxylic acids is 5. The standard InChI is InChI=1S/C54H75N5O13/c1-28(2)26-59-22-18-54(19-23-59)56-42-39-40-47(64)34(8)50-41(39)51(66)53(9,72-50)70-24-17-36(68-11)31(5)49(71-38(61)25-37(60)69-27-35-15-20-58(10)21-16-35)33(7)46(63)32(6)45(62)29(3)13-12-14-30(4)52(67)55-44(48(40)65)43(42)57-54/h12-14,17,24,28-29,31-33,35-36,45-46,49,57,62-64H,15-16,18-23,25-27H2,1-11H3,(H,55,67)/b13-12+,24-17+,30-14-/t29-,31+,32+,33+,36-,45-,46+,49+,53-/m0/s1. The van der Waals surface area contributed by atoms with Gasteiger partial charge in [-0.3, -0.25) is 29.0 Å². The van der Waals surface area contributed by atoms with Gasteiger partial charge in [0.15, 0.2) is 0 Å². The molecule has 0 unspecified atom stereocenters. The number of methoxy groups -OCH3 is 1. The largest absolute Gasteiger partial charge is 0.507 e. The van der Waals surface area contributed by atoms with Crippen LogP contribution < -0.4 is 15.4 Å². The molecule has 7 aliphatic rings. The molecule has 1 aromatic rings. The maximum atomic E-state index is 14.9. The predicted octanol–water partition coefficient (Wildman–Crippen LogP) is 4.87. The van der Waals surface area contributed by atoms with Gasteiger partial charge in [0.2, 0.25) is 5.78 Å². The van der Waals surface area contributed by atoms with Gasteiger partial charge in [0.25, 0.3) is 11.7 Å². The zero-order valence-electron chi connectivity index (χ0n) is 43.7. The molecule has 1 spiro atoms. The van der Waals surface area contributed by atoms with Gasteiger partial charge in [-0.05, 0) is 64.7 Å². The fourth-order valence-corrected chi connectivity index (χ4v) is 10.9. The monoisotopic (exact) mass is 1000 g/mol. The Morgan fingerprint density at radius 3 is 2.25 bits per heavy atom. The summed E-state index contributed by atoms with van der Waals surface area (Å²) in [7, 11) is 3.47. The van der Waals surface area contributed by atoms with Crippen LogP contribution in [0.4, 0.5) is 0 Å². The Kier molecular flexibility index (Phi) is 16.6. The molecule has 6 aliphatic heterocycles. The van der Waals surface area contributed by atoms with Crippen LogP contribution in [0.1, 0.15) is 119 Å². The van der Waals surface area contributed by atoms with E-state index in [1.54, 1.807) is 46.8 Å². The van der Waals surface area contributed by atoms with Gasteiger partial charge in [-0.1, -0.05) is 59.8 Å². The van der Waals surface area contributed by atoms with Crippen molar-refractivity contribution in [3.8, 4) is 11.5 Å². The van der Waals surface area contributed by atoms with Crippen LogP contribution in [0.5, 0.6) is 11.5 Å². The summed E-state index contributed by atoms with van der Waals surface area (Å²) in [4.78, 5) is 80.1. The predicted molar refractivity (Wildman–Crippen MR) is 267 cm³/mol. The number of hydrogen-bond acceptors (Lipinski definition) is 17. The fourth-order valence-electron chi connectivity index (χ4n) is 10.9. The third kappa shape index (κ3) is 11.1. The molecule has 0 aromatic heterocycles. The lowest BCUT2D eigenvalue weighted by molar-refractivity contribution is -0.168. The van der Waals surface area contributed by atoms with Crippen molar-refractivity contribution in [1.82, 2.24) is 20.4 Å². The van der Waals surface area contributed by atoms with Crippen molar-refractivity contribution in [1.29, 1.82) is 0 Å². The molecule has 2 fully saturated rings. The zero-order valence-corrected chi connectivity index (χ0v) is 43.7. The van der Waals surface area contributed by atoms with Crippen molar-refractivity contribution in [3.05, 3.63) is 69.8 Å². The van der Waals surface area contributed by atoms with Gasteiger partial charge in [0.05, 0.1) is 53.7 Å². The number of nitrogens with one attached hydrogen (secondary N) is 2. The van der Waals surface area contributed by atoms with Crippen molar-refractivity contribution >= 4 is 35.1 Å². The van der Waals surface area contributed by atoms with Crippen LogP contribution in [-0.4, -0.2) is 150 Å². The number of aliphatic hydroxyl groups excluding tert-OH is 2. The first-order valence-electron chi connectivity index (χ1n) is 25.5.